The van der Waals surface area contributed by atoms with Crippen molar-refractivity contribution in [2.45, 2.75) is 26.3 Å². The monoisotopic (exact) mass is 348 g/mol. The SMILES string of the molecule is Cc1ccccc1C(C)NC(=O)NCCc1ccc(-n2cccn2)cc1. The van der Waals surface area contributed by atoms with Crippen LogP contribution in [0.1, 0.15) is 29.7 Å². The lowest BCUT2D eigenvalue weighted by Gasteiger charge is -2.17. The summed E-state index contributed by atoms with van der Waals surface area (Å²) in [5.41, 5.74) is 4.51. The van der Waals surface area contributed by atoms with Crippen LogP contribution < -0.4 is 10.6 Å². The lowest BCUT2D eigenvalue weighted by atomic mass is 10.0. The Morgan fingerprint density at radius 3 is 2.58 bits per heavy atom. The molecule has 0 spiro atoms. The summed E-state index contributed by atoms with van der Waals surface area (Å²) in [7, 11) is 0. The normalized spacial score (nSPS) is 11.8. The number of aromatic nitrogens is 2. The smallest absolute Gasteiger partial charge is 0.315 e. The fourth-order valence-corrected chi connectivity index (χ4v) is 2.96. The first-order valence-corrected chi connectivity index (χ1v) is 8.82. The fourth-order valence-electron chi connectivity index (χ4n) is 2.96. The van der Waals surface area contributed by atoms with Crippen LogP contribution in [-0.4, -0.2) is 22.4 Å². The Bertz CT molecular complexity index is 841. The predicted molar refractivity (Wildman–Crippen MR) is 103 cm³/mol. The van der Waals surface area contributed by atoms with Gasteiger partial charge in [0.15, 0.2) is 0 Å². The molecule has 0 saturated heterocycles. The van der Waals surface area contributed by atoms with Crippen molar-refractivity contribution in [3.8, 4) is 5.69 Å². The Morgan fingerprint density at radius 2 is 1.88 bits per heavy atom. The second kappa shape index (κ2) is 8.34. The van der Waals surface area contributed by atoms with Crippen molar-refractivity contribution >= 4 is 6.03 Å². The summed E-state index contributed by atoms with van der Waals surface area (Å²) >= 11 is 0. The van der Waals surface area contributed by atoms with E-state index < -0.39 is 0 Å². The highest BCUT2D eigenvalue weighted by atomic mass is 16.2. The molecule has 0 radical (unpaired) electrons. The minimum atomic E-state index is -0.145. The zero-order chi connectivity index (χ0) is 18.4. The molecule has 1 aromatic heterocycles. The van der Waals surface area contributed by atoms with Crippen LogP contribution in [0.2, 0.25) is 0 Å². The highest BCUT2D eigenvalue weighted by molar-refractivity contribution is 5.74. The molecule has 2 N–H and O–H groups in total. The van der Waals surface area contributed by atoms with E-state index in [1.54, 1.807) is 6.20 Å². The lowest BCUT2D eigenvalue weighted by molar-refractivity contribution is 0.238. The molecule has 3 rings (SSSR count). The van der Waals surface area contributed by atoms with Crippen LogP contribution in [0.25, 0.3) is 5.69 Å². The minimum Gasteiger partial charge on any atom is -0.338 e. The number of nitrogens with one attached hydrogen (secondary N) is 2. The second-order valence-corrected chi connectivity index (χ2v) is 6.35. The van der Waals surface area contributed by atoms with Crippen molar-refractivity contribution in [1.82, 2.24) is 20.4 Å². The summed E-state index contributed by atoms with van der Waals surface area (Å²) in [6.45, 7) is 4.64. The van der Waals surface area contributed by atoms with Crippen LogP contribution >= 0.6 is 0 Å². The number of amides is 2. The number of hydrogen-bond acceptors (Lipinski definition) is 2. The average molecular weight is 348 g/mol. The van der Waals surface area contributed by atoms with Crippen LogP contribution in [0.3, 0.4) is 0 Å². The highest BCUT2D eigenvalue weighted by Gasteiger charge is 2.10. The van der Waals surface area contributed by atoms with Gasteiger partial charge in [-0.3, -0.25) is 0 Å². The topological polar surface area (TPSA) is 59.0 Å². The van der Waals surface area contributed by atoms with Gasteiger partial charge in [-0.1, -0.05) is 36.4 Å². The molecule has 1 heterocycles. The molecule has 2 aromatic carbocycles. The molecule has 2 amide bonds. The van der Waals surface area contributed by atoms with Gasteiger partial charge in [0.25, 0.3) is 0 Å². The maximum atomic E-state index is 12.1. The molecule has 134 valence electrons. The molecule has 26 heavy (non-hydrogen) atoms. The summed E-state index contributed by atoms with van der Waals surface area (Å²) in [5, 5.41) is 10.1. The van der Waals surface area contributed by atoms with E-state index in [2.05, 4.69) is 40.9 Å². The lowest BCUT2D eigenvalue weighted by Crippen LogP contribution is -2.38. The van der Waals surface area contributed by atoms with E-state index in [1.165, 1.54) is 11.1 Å². The van der Waals surface area contributed by atoms with Gasteiger partial charge >= 0.3 is 6.03 Å². The van der Waals surface area contributed by atoms with Gasteiger partial charge in [-0.2, -0.15) is 5.10 Å². The maximum absolute atomic E-state index is 12.1. The Kier molecular flexibility index (Phi) is 5.69. The van der Waals surface area contributed by atoms with E-state index in [4.69, 9.17) is 0 Å². The van der Waals surface area contributed by atoms with Gasteiger partial charge in [0.1, 0.15) is 0 Å². The maximum Gasteiger partial charge on any atom is 0.315 e. The third-order valence-electron chi connectivity index (χ3n) is 4.41. The molecule has 3 aromatic rings. The number of carbonyl (C=O) groups is 1. The van der Waals surface area contributed by atoms with Crippen molar-refractivity contribution < 1.29 is 4.79 Å². The van der Waals surface area contributed by atoms with Crippen molar-refractivity contribution in [1.29, 1.82) is 0 Å². The third-order valence-corrected chi connectivity index (χ3v) is 4.41. The molecular weight excluding hydrogens is 324 g/mol. The van der Waals surface area contributed by atoms with E-state index in [9.17, 15) is 4.79 Å². The Hall–Kier alpha value is -3.08. The molecular formula is C21H24N4O. The summed E-state index contributed by atoms with van der Waals surface area (Å²) in [5.74, 6) is 0. The van der Waals surface area contributed by atoms with Crippen molar-refractivity contribution in [3.63, 3.8) is 0 Å². The first-order chi connectivity index (χ1) is 12.6. The number of hydrogen-bond donors (Lipinski definition) is 2. The van der Waals surface area contributed by atoms with E-state index in [-0.39, 0.29) is 12.1 Å². The van der Waals surface area contributed by atoms with Crippen LogP contribution in [0, 0.1) is 6.92 Å². The molecule has 0 bridgehead atoms. The van der Waals surface area contributed by atoms with Gasteiger partial charge in [-0.05, 0) is 55.2 Å². The van der Waals surface area contributed by atoms with Gasteiger partial charge in [0, 0.05) is 18.9 Å². The fraction of sp³-hybridized carbons (Fsp3) is 0.238. The van der Waals surface area contributed by atoms with Crippen LogP contribution in [0.5, 0.6) is 0 Å². The van der Waals surface area contributed by atoms with Gasteiger partial charge in [-0.25, -0.2) is 9.48 Å². The molecule has 0 aliphatic rings. The molecule has 0 aliphatic heterocycles. The first-order valence-electron chi connectivity index (χ1n) is 8.82. The molecule has 1 atom stereocenters. The highest BCUT2D eigenvalue weighted by Crippen LogP contribution is 2.16. The summed E-state index contributed by atoms with van der Waals surface area (Å²) < 4.78 is 1.82. The molecule has 5 nitrogen and oxygen atoms in total. The molecule has 0 aliphatic carbocycles. The zero-order valence-corrected chi connectivity index (χ0v) is 15.1. The van der Waals surface area contributed by atoms with E-state index in [1.807, 2.05) is 54.2 Å². The second-order valence-electron chi connectivity index (χ2n) is 6.35. The number of nitrogens with zero attached hydrogens (tertiary/aromatic N) is 2. The standard InChI is InChI=1S/C21H24N4O/c1-16-6-3-4-7-20(16)17(2)24-21(26)22-14-12-18-8-10-19(11-9-18)25-15-5-13-23-25/h3-11,13,15,17H,12,14H2,1-2H3,(H2,22,24,26). The Labute approximate surface area is 154 Å². The van der Waals surface area contributed by atoms with Gasteiger partial charge in [-0.15, -0.1) is 0 Å². The number of aryl methyl sites for hydroxylation is 1. The van der Waals surface area contributed by atoms with Crippen LogP contribution in [-0.2, 0) is 6.42 Å². The van der Waals surface area contributed by atoms with Crippen molar-refractivity contribution in [2.24, 2.45) is 0 Å². The number of carbonyl (C=O) groups excluding carboxylic acids is 1. The molecule has 1 unspecified atom stereocenters. The minimum absolute atomic E-state index is 0.0236. The Balaban J connectivity index is 1.46. The Morgan fingerprint density at radius 1 is 1.12 bits per heavy atom. The van der Waals surface area contributed by atoms with E-state index in [0.717, 1.165) is 17.7 Å². The van der Waals surface area contributed by atoms with Crippen molar-refractivity contribution in [3.05, 3.63) is 83.7 Å². The molecule has 0 saturated carbocycles. The number of urea groups is 1. The van der Waals surface area contributed by atoms with Gasteiger partial charge in [0.2, 0.25) is 0 Å². The first kappa shape index (κ1) is 17.7. The van der Waals surface area contributed by atoms with Gasteiger partial charge in [0.05, 0.1) is 11.7 Å². The predicted octanol–water partition coefficient (Wildman–Crippen LogP) is 3.78. The quantitative estimate of drug-likeness (QED) is 0.712. The van der Waals surface area contributed by atoms with Crippen molar-refractivity contribution in [2.75, 3.05) is 6.54 Å². The van der Waals surface area contributed by atoms with E-state index >= 15 is 0 Å². The van der Waals surface area contributed by atoms with Crippen LogP contribution in [0.4, 0.5) is 4.79 Å². The summed E-state index contributed by atoms with van der Waals surface area (Å²) in [6, 6.07) is 18.0. The van der Waals surface area contributed by atoms with Gasteiger partial charge < -0.3 is 10.6 Å². The molecule has 5 heteroatoms. The number of benzene rings is 2. The average Bonchev–Trinajstić information content (AvgIpc) is 3.17. The zero-order valence-electron chi connectivity index (χ0n) is 15.1. The summed E-state index contributed by atoms with van der Waals surface area (Å²) in [4.78, 5) is 12.1. The van der Waals surface area contributed by atoms with Crippen LogP contribution in [0.15, 0.2) is 67.0 Å². The summed E-state index contributed by atoms with van der Waals surface area (Å²) in [6.07, 6.45) is 4.45. The van der Waals surface area contributed by atoms with E-state index in [0.29, 0.717) is 6.54 Å². The number of rotatable bonds is 6. The largest absolute Gasteiger partial charge is 0.338 e. The molecule has 0 fully saturated rings. The third kappa shape index (κ3) is 4.51.